The van der Waals surface area contributed by atoms with Gasteiger partial charge in [0, 0.05) is 42.3 Å². The Hall–Kier alpha value is -0.440. The molecule has 1 unspecified atom stereocenters. The van der Waals surface area contributed by atoms with Crippen LogP contribution in [0.15, 0.2) is 18.2 Å². The van der Waals surface area contributed by atoms with E-state index >= 15 is 0 Å². The van der Waals surface area contributed by atoms with Crippen LogP contribution < -0.4 is 4.90 Å². The molecule has 2 rings (SSSR count). The van der Waals surface area contributed by atoms with E-state index in [0.29, 0.717) is 11.9 Å². The Morgan fingerprint density at radius 3 is 2.76 bits per heavy atom. The van der Waals surface area contributed by atoms with Gasteiger partial charge in [-0.25, -0.2) is 0 Å². The summed E-state index contributed by atoms with van der Waals surface area (Å²) in [4.78, 5) is 4.76. The summed E-state index contributed by atoms with van der Waals surface area (Å²) >= 11 is 12.1. The zero-order valence-electron chi connectivity index (χ0n) is 10.3. The van der Waals surface area contributed by atoms with Crippen LogP contribution in [-0.2, 0) is 5.88 Å². The zero-order valence-corrected chi connectivity index (χ0v) is 11.8. The first kappa shape index (κ1) is 13.0. The molecule has 1 atom stereocenters. The maximum Gasteiger partial charge on any atom is 0.0494 e. The van der Waals surface area contributed by atoms with E-state index in [4.69, 9.17) is 23.2 Å². The molecule has 1 aliphatic heterocycles. The van der Waals surface area contributed by atoms with Crippen LogP contribution in [0.5, 0.6) is 0 Å². The minimum absolute atomic E-state index is 0.495. The van der Waals surface area contributed by atoms with Crippen LogP contribution >= 0.6 is 23.2 Å². The van der Waals surface area contributed by atoms with Gasteiger partial charge in [0.15, 0.2) is 0 Å². The van der Waals surface area contributed by atoms with Crippen molar-refractivity contribution < 1.29 is 0 Å². The number of nitrogens with zero attached hydrogens (tertiary/aromatic N) is 2. The Kier molecular flexibility index (Phi) is 4.18. The zero-order chi connectivity index (χ0) is 12.4. The lowest BCUT2D eigenvalue weighted by atomic mass is 10.1. The van der Waals surface area contributed by atoms with Gasteiger partial charge in [-0.1, -0.05) is 17.7 Å². The Morgan fingerprint density at radius 2 is 2.12 bits per heavy atom. The van der Waals surface area contributed by atoms with Crippen molar-refractivity contribution in [1.29, 1.82) is 0 Å². The lowest BCUT2D eigenvalue weighted by molar-refractivity contribution is 0.275. The molecule has 0 spiro atoms. The summed E-state index contributed by atoms with van der Waals surface area (Å²) in [5.41, 5.74) is 2.35. The van der Waals surface area contributed by atoms with Crippen molar-refractivity contribution in [2.24, 2.45) is 0 Å². The van der Waals surface area contributed by atoms with Crippen molar-refractivity contribution in [2.75, 3.05) is 31.6 Å². The average Bonchev–Trinajstić information content (AvgIpc) is 2.29. The van der Waals surface area contributed by atoms with E-state index in [1.54, 1.807) is 0 Å². The molecule has 17 heavy (non-hydrogen) atoms. The van der Waals surface area contributed by atoms with Crippen molar-refractivity contribution in [3.8, 4) is 0 Å². The molecular formula is C13H18Cl2N2. The molecule has 0 bridgehead atoms. The lowest BCUT2D eigenvalue weighted by Gasteiger charge is -2.40. The summed E-state index contributed by atoms with van der Waals surface area (Å²) in [6.45, 7) is 5.43. The molecule has 0 N–H and O–H groups in total. The van der Waals surface area contributed by atoms with Crippen LogP contribution in [0.3, 0.4) is 0 Å². The number of hydrogen-bond donors (Lipinski definition) is 0. The van der Waals surface area contributed by atoms with Crippen molar-refractivity contribution in [3.63, 3.8) is 0 Å². The maximum absolute atomic E-state index is 6.09. The Bertz CT molecular complexity index is 395. The third kappa shape index (κ3) is 2.87. The molecule has 0 radical (unpaired) electrons. The minimum Gasteiger partial charge on any atom is -0.366 e. The highest BCUT2D eigenvalue weighted by atomic mass is 35.5. The van der Waals surface area contributed by atoms with Gasteiger partial charge in [0.2, 0.25) is 0 Å². The molecule has 0 saturated carbocycles. The van der Waals surface area contributed by atoms with Crippen molar-refractivity contribution >= 4 is 28.9 Å². The monoisotopic (exact) mass is 272 g/mol. The molecule has 1 fully saturated rings. The Labute approximate surface area is 113 Å². The van der Waals surface area contributed by atoms with Crippen LogP contribution in [0.25, 0.3) is 0 Å². The SMILES string of the molecule is CC1CN(C)CCN1c1cc(Cl)ccc1CCl. The molecule has 1 aromatic rings. The number of piperazine rings is 1. The molecular weight excluding hydrogens is 255 g/mol. The van der Waals surface area contributed by atoms with Gasteiger partial charge in [-0.15, -0.1) is 11.6 Å². The van der Waals surface area contributed by atoms with E-state index in [1.165, 1.54) is 5.69 Å². The van der Waals surface area contributed by atoms with Gasteiger partial charge >= 0.3 is 0 Å². The average molecular weight is 273 g/mol. The first-order chi connectivity index (χ1) is 8.11. The van der Waals surface area contributed by atoms with Crippen LogP contribution in [0.1, 0.15) is 12.5 Å². The molecule has 4 heteroatoms. The van der Waals surface area contributed by atoms with Crippen LogP contribution in [0, 0.1) is 0 Å². The fraction of sp³-hybridized carbons (Fsp3) is 0.538. The number of rotatable bonds is 2. The van der Waals surface area contributed by atoms with Crippen molar-refractivity contribution in [3.05, 3.63) is 28.8 Å². The molecule has 94 valence electrons. The van der Waals surface area contributed by atoms with Crippen molar-refractivity contribution in [2.45, 2.75) is 18.8 Å². The predicted octanol–water partition coefficient (Wildman–Crippen LogP) is 3.22. The topological polar surface area (TPSA) is 6.48 Å². The van der Waals surface area contributed by atoms with E-state index in [1.807, 2.05) is 18.2 Å². The summed E-state index contributed by atoms with van der Waals surface area (Å²) in [5.74, 6) is 0.533. The summed E-state index contributed by atoms with van der Waals surface area (Å²) < 4.78 is 0. The maximum atomic E-state index is 6.09. The smallest absolute Gasteiger partial charge is 0.0494 e. The van der Waals surface area contributed by atoms with Crippen LogP contribution in [0.4, 0.5) is 5.69 Å². The number of alkyl halides is 1. The minimum atomic E-state index is 0.495. The number of anilines is 1. The third-order valence-electron chi connectivity index (χ3n) is 3.33. The van der Waals surface area contributed by atoms with Gasteiger partial charge in [-0.2, -0.15) is 0 Å². The summed E-state index contributed by atoms with van der Waals surface area (Å²) in [6, 6.07) is 6.45. The normalized spacial score (nSPS) is 21.9. The van der Waals surface area contributed by atoms with Gasteiger partial charge < -0.3 is 9.80 Å². The molecule has 1 saturated heterocycles. The lowest BCUT2D eigenvalue weighted by Crippen LogP contribution is -2.50. The van der Waals surface area contributed by atoms with E-state index in [2.05, 4.69) is 23.8 Å². The number of halogens is 2. The molecule has 0 amide bonds. The molecule has 1 aromatic carbocycles. The van der Waals surface area contributed by atoms with Crippen LogP contribution in [0.2, 0.25) is 5.02 Å². The van der Waals surface area contributed by atoms with Gasteiger partial charge in [0.1, 0.15) is 0 Å². The highest BCUT2D eigenvalue weighted by Gasteiger charge is 2.23. The molecule has 0 aliphatic carbocycles. The van der Waals surface area contributed by atoms with Gasteiger partial charge in [-0.3, -0.25) is 0 Å². The molecule has 0 aromatic heterocycles. The summed E-state index contributed by atoms with van der Waals surface area (Å²) in [7, 11) is 2.16. The van der Waals surface area contributed by atoms with Gasteiger partial charge in [-0.05, 0) is 31.7 Å². The second-order valence-corrected chi connectivity index (χ2v) is 5.42. The van der Waals surface area contributed by atoms with Crippen molar-refractivity contribution in [1.82, 2.24) is 4.90 Å². The van der Waals surface area contributed by atoms with E-state index in [-0.39, 0.29) is 0 Å². The van der Waals surface area contributed by atoms with Crippen LogP contribution in [-0.4, -0.2) is 37.6 Å². The number of likely N-dealkylation sites (N-methyl/N-ethyl adjacent to an activating group) is 1. The second-order valence-electron chi connectivity index (χ2n) is 4.71. The van der Waals surface area contributed by atoms with E-state index < -0.39 is 0 Å². The van der Waals surface area contributed by atoms with E-state index in [9.17, 15) is 0 Å². The molecule has 2 nitrogen and oxygen atoms in total. The predicted molar refractivity (Wildman–Crippen MR) is 75.3 cm³/mol. The van der Waals surface area contributed by atoms with Gasteiger partial charge in [0.05, 0.1) is 0 Å². The Balaban J connectivity index is 2.29. The first-order valence-corrected chi connectivity index (χ1v) is 6.82. The largest absolute Gasteiger partial charge is 0.366 e. The fourth-order valence-electron chi connectivity index (χ4n) is 2.41. The number of benzene rings is 1. The highest BCUT2D eigenvalue weighted by Crippen LogP contribution is 2.29. The number of hydrogen-bond acceptors (Lipinski definition) is 2. The summed E-state index contributed by atoms with van der Waals surface area (Å²) in [6.07, 6.45) is 0. The first-order valence-electron chi connectivity index (χ1n) is 5.91. The molecule has 1 aliphatic rings. The third-order valence-corrected chi connectivity index (χ3v) is 3.85. The van der Waals surface area contributed by atoms with Gasteiger partial charge in [0.25, 0.3) is 0 Å². The molecule has 1 heterocycles. The van der Waals surface area contributed by atoms with E-state index in [0.717, 1.165) is 30.2 Å². The quantitative estimate of drug-likeness (QED) is 0.763. The second kappa shape index (κ2) is 5.47. The Morgan fingerprint density at radius 1 is 1.35 bits per heavy atom. The summed E-state index contributed by atoms with van der Waals surface area (Å²) in [5, 5.41) is 0.778. The highest BCUT2D eigenvalue weighted by molar-refractivity contribution is 6.31. The fourth-order valence-corrected chi connectivity index (χ4v) is 2.81. The standard InChI is InChI=1S/C13H18Cl2N2/c1-10-9-16(2)5-6-17(10)13-7-12(15)4-3-11(13)8-14/h3-4,7,10H,5-6,8-9H2,1-2H3.